The molecule has 0 aromatic heterocycles. The molecule has 1 rings (SSSR count). The number of nitrogens with zero attached hydrogens (tertiary/aromatic N) is 1. The highest BCUT2D eigenvalue weighted by Crippen LogP contribution is 2.03. The van der Waals surface area contributed by atoms with Crippen molar-refractivity contribution in [2.75, 3.05) is 20.1 Å². The van der Waals surface area contributed by atoms with Gasteiger partial charge in [-0.3, -0.25) is 4.99 Å². The average Bonchev–Trinajstić information content (AvgIpc) is 2.04. The van der Waals surface area contributed by atoms with Gasteiger partial charge in [-0.15, -0.1) is 0 Å². The lowest BCUT2D eigenvalue weighted by molar-refractivity contribution is 0.728. The molecule has 0 unspecified atom stereocenters. The van der Waals surface area contributed by atoms with E-state index in [-0.39, 0.29) is 0 Å². The normalized spacial score (nSPS) is 27.7. The molecule has 3 N–H and O–H groups in total. The number of hydrogen-bond donors (Lipinski definition) is 2. The summed E-state index contributed by atoms with van der Waals surface area (Å²) in [5.41, 5.74) is 7.66. The van der Waals surface area contributed by atoms with Gasteiger partial charge in [0.15, 0.2) is 0 Å². The molecule has 0 atom stereocenters. The van der Waals surface area contributed by atoms with E-state index in [1.165, 1.54) is 0 Å². The molecule has 1 heterocycles. The highest BCUT2D eigenvalue weighted by atomic mass is 14.9. The summed E-state index contributed by atoms with van der Waals surface area (Å²) in [5, 5.41) is 3.22. The molecule has 0 aliphatic carbocycles. The maximum absolute atomic E-state index is 5.39. The van der Waals surface area contributed by atoms with Crippen molar-refractivity contribution in [3.63, 3.8) is 0 Å². The first-order valence-electron chi connectivity index (χ1n) is 3.46. The molecule has 0 bridgehead atoms. The smallest absolute Gasteiger partial charge is 0.0416 e. The molecule has 10 heavy (non-hydrogen) atoms. The van der Waals surface area contributed by atoms with E-state index in [2.05, 4.69) is 10.3 Å². The minimum Gasteiger partial charge on any atom is -0.404 e. The summed E-state index contributed by atoms with van der Waals surface area (Å²) in [6, 6.07) is 0. The highest BCUT2D eigenvalue weighted by molar-refractivity contribution is 6.01. The Morgan fingerprint density at radius 2 is 2.50 bits per heavy atom. The maximum atomic E-state index is 5.39. The fourth-order valence-corrected chi connectivity index (χ4v) is 1.10. The van der Waals surface area contributed by atoms with E-state index >= 15 is 0 Å². The van der Waals surface area contributed by atoms with Gasteiger partial charge in [-0.2, -0.15) is 0 Å². The summed E-state index contributed by atoms with van der Waals surface area (Å²) >= 11 is 0. The summed E-state index contributed by atoms with van der Waals surface area (Å²) < 4.78 is 0. The van der Waals surface area contributed by atoms with Crippen LogP contribution >= 0.6 is 0 Å². The molecule has 0 spiro atoms. The van der Waals surface area contributed by atoms with Crippen LogP contribution in [-0.2, 0) is 0 Å². The van der Waals surface area contributed by atoms with Gasteiger partial charge in [0.2, 0.25) is 0 Å². The number of nitrogens with two attached hydrogens (primary N) is 1. The van der Waals surface area contributed by atoms with Gasteiger partial charge in [-0.1, -0.05) is 0 Å². The second-order valence-electron chi connectivity index (χ2n) is 2.29. The molecule has 0 aromatic carbocycles. The largest absolute Gasteiger partial charge is 0.404 e. The maximum Gasteiger partial charge on any atom is 0.0416 e. The highest BCUT2D eigenvalue weighted by Gasteiger charge is 2.09. The summed E-state index contributed by atoms with van der Waals surface area (Å²) in [6.45, 7) is 1.88. The van der Waals surface area contributed by atoms with Crippen LogP contribution in [0.3, 0.4) is 0 Å². The van der Waals surface area contributed by atoms with Crippen LogP contribution in [0.25, 0.3) is 0 Å². The Hall–Kier alpha value is -0.830. The van der Waals surface area contributed by atoms with Crippen LogP contribution in [0, 0.1) is 0 Å². The van der Waals surface area contributed by atoms with Crippen LogP contribution in [0.5, 0.6) is 0 Å². The van der Waals surface area contributed by atoms with Crippen molar-refractivity contribution in [3.05, 3.63) is 11.8 Å². The van der Waals surface area contributed by atoms with E-state index in [1.54, 1.807) is 6.20 Å². The lowest BCUT2D eigenvalue weighted by Gasteiger charge is -2.16. The van der Waals surface area contributed by atoms with Gasteiger partial charge in [0, 0.05) is 44.0 Å². The van der Waals surface area contributed by atoms with Crippen molar-refractivity contribution >= 4 is 5.71 Å². The van der Waals surface area contributed by atoms with E-state index in [0.717, 1.165) is 30.8 Å². The second kappa shape index (κ2) is 3.37. The van der Waals surface area contributed by atoms with Crippen molar-refractivity contribution in [2.45, 2.75) is 6.42 Å². The van der Waals surface area contributed by atoms with Gasteiger partial charge in [-0.05, 0) is 0 Å². The third kappa shape index (κ3) is 1.36. The minimum atomic E-state index is 0.864. The first-order chi connectivity index (χ1) is 4.88. The average molecular weight is 139 g/mol. The zero-order chi connectivity index (χ0) is 7.40. The molecule has 1 saturated heterocycles. The fourth-order valence-electron chi connectivity index (χ4n) is 1.10. The van der Waals surface area contributed by atoms with Crippen LogP contribution < -0.4 is 11.1 Å². The van der Waals surface area contributed by atoms with E-state index in [4.69, 9.17) is 5.73 Å². The van der Waals surface area contributed by atoms with Crippen molar-refractivity contribution in [1.82, 2.24) is 5.32 Å². The van der Waals surface area contributed by atoms with Crippen molar-refractivity contribution in [2.24, 2.45) is 10.7 Å². The molecule has 3 nitrogen and oxygen atoms in total. The number of nitrogens with one attached hydrogen (secondary N) is 1. The first kappa shape index (κ1) is 7.28. The Kier molecular flexibility index (Phi) is 2.45. The summed E-state index contributed by atoms with van der Waals surface area (Å²) in [4.78, 5) is 4.13. The third-order valence-corrected chi connectivity index (χ3v) is 1.70. The molecule has 56 valence electrons. The van der Waals surface area contributed by atoms with Crippen LogP contribution in [0.15, 0.2) is 16.8 Å². The molecule has 3 heteroatoms. The van der Waals surface area contributed by atoms with Gasteiger partial charge in [-0.25, -0.2) is 0 Å². The molecular formula is C7H13N3. The van der Waals surface area contributed by atoms with E-state index in [9.17, 15) is 0 Å². The minimum absolute atomic E-state index is 0.864. The van der Waals surface area contributed by atoms with Crippen LogP contribution in [0.1, 0.15) is 6.42 Å². The zero-order valence-corrected chi connectivity index (χ0v) is 6.22. The lowest BCUT2D eigenvalue weighted by Crippen LogP contribution is -2.31. The molecule has 1 aliphatic heterocycles. The molecule has 0 saturated carbocycles. The van der Waals surface area contributed by atoms with Gasteiger partial charge >= 0.3 is 0 Å². The molecule has 0 radical (unpaired) electrons. The standard InChI is InChI=1S/C7H13N3/c1-9-7-2-3-10-5-6(7)4-8/h4,10H,2-3,5,8H2,1H3. The molecular weight excluding hydrogens is 126 g/mol. The van der Waals surface area contributed by atoms with E-state index in [1.807, 2.05) is 7.05 Å². The van der Waals surface area contributed by atoms with Crippen molar-refractivity contribution in [3.8, 4) is 0 Å². The van der Waals surface area contributed by atoms with Crippen LogP contribution in [0.2, 0.25) is 0 Å². The Labute approximate surface area is 61.0 Å². The van der Waals surface area contributed by atoms with Crippen LogP contribution in [0.4, 0.5) is 0 Å². The number of aliphatic imine (C=N–C) groups is 1. The Balaban J connectivity index is 2.69. The Bertz CT molecular complexity index is 150. The van der Waals surface area contributed by atoms with Crippen molar-refractivity contribution in [1.29, 1.82) is 0 Å². The van der Waals surface area contributed by atoms with E-state index < -0.39 is 0 Å². The predicted octanol–water partition coefficient (Wildman–Crippen LogP) is -0.107. The predicted molar refractivity (Wildman–Crippen MR) is 43.1 cm³/mol. The number of piperidine rings is 1. The van der Waals surface area contributed by atoms with Gasteiger partial charge in [0.05, 0.1) is 0 Å². The Morgan fingerprint density at radius 1 is 1.70 bits per heavy atom. The summed E-state index contributed by atoms with van der Waals surface area (Å²) in [7, 11) is 1.81. The summed E-state index contributed by atoms with van der Waals surface area (Å²) in [5.74, 6) is 0. The zero-order valence-electron chi connectivity index (χ0n) is 6.22. The molecule has 1 fully saturated rings. The SMILES string of the molecule is CN=C1CCNCC1=CN. The topological polar surface area (TPSA) is 50.4 Å². The Morgan fingerprint density at radius 3 is 3.00 bits per heavy atom. The van der Waals surface area contributed by atoms with Gasteiger partial charge in [0.25, 0.3) is 0 Å². The quantitative estimate of drug-likeness (QED) is 0.492. The lowest BCUT2D eigenvalue weighted by atomic mass is 10.1. The third-order valence-electron chi connectivity index (χ3n) is 1.70. The molecule has 1 aliphatic rings. The fraction of sp³-hybridized carbons (Fsp3) is 0.571. The first-order valence-corrected chi connectivity index (χ1v) is 3.46. The second-order valence-corrected chi connectivity index (χ2v) is 2.29. The molecule has 0 amide bonds. The number of hydrogen-bond acceptors (Lipinski definition) is 3. The number of rotatable bonds is 0. The summed E-state index contributed by atoms with van der Waals surface area (Å²) in [6.07, 6.45) is 2.63. The monoisotopic (exact) mass is 139 g/mol. The molecule has 0 aromatic rings. The van der Waals surface area contributed by atoms with Gasteiger partial charge in [0.1, 0.15) is 0 Å². The van der Waals surface area contributed by atoms with Gasteiger partial charge < -0.3 is 11.1 Å². The van der Waals surface area contributed by atoms with Crippen molar-refractivity contribution < 1.29 is 0 Å². The van der Waals surface area contributed by atoms with E-state index in [0.29, 0.717) is 0 Å². The van der Waals surface area contributed by atoms with Crippen LogP contribution in [-0.4, -0.2) is 25.8 Å².